The SMILES string of the molecule is CC(=O)OCCCn1c2nc(=O)n(C)c(=O)c-2nc2ccccc21. The largest absolute Gasteiger partial charge is 0.466 e. The standard InChI is InChI=1S/C16H16N4O4/c1-10(21)24-9-5-8-20-12-7-4-3-6-11(12)17-13-14(20)18-16(23)19(2)15(13)22/h3-4,6-7H,5,8-9H2,1-2H3. The van der Waals surface area contributed by atoms with Gasteiger partial charge in [-0.1, -0.05) is 12.1 Å². The topological polar surface area (TPSA) is 96.1 Å². The number of rotatable bonds is 4. The van der Waals surface area contributed by atoms with E-state index in [0.29, 0.717) is 18.5 Å². The molecular weight excluding hydrogens is 312 g/mol. The van der Waals surface area contributed by atoms with Crippen LogP contribution in [0.5, 0.6) is 0 Å². The van der Waals surface area contributed by atoms with Crippen molar-refractivity contribution in [3.8, 4) is 11.5 Å². The number of aryl methyl sites for hydroxylation is 1. The first-order valence-corrected chi connectivity index (χ1v) is 7.48. The Hall–Kier alpha value is -3.03. The first-order valence-electron chi connectivity index (χ1n) is 7.48. The highest BCUT2D eigenvalue weighted by Crippen LogP contribution is 2.20. The molecule has 0 radical (unpaired) electrons. The molecule has 124 valence electrons. The van der Waals surface area contributed by atoms with Crippen molar-refractivity contribution in [2.24, 2.45) is 7.05 Å². The summed E-state index contributed by atoms with van der Waals surface area (Å²) in [6, 6.07) is 7.31. The van der Waals surface area contributed by atoms with E-state index in [4.69, 9.17) is 4.74 Å². The lowest BCUT2D eigenvalue weighted by Gasteiger charge is -2.17. The Kier molecular flexibility index (Phi) is 4.11. The lowest BCUT2D eigenvalue weighted by atomic mass is 10.2. The van der Waals surface area contributed by atoms with Gasteiger partial charge in [0.2, 0.25) is 0 Å². The molecule has 0 aromatic heterocycles. The van der Waals surface area contributed by atoms with E-state index in [9.17, 15) is 14.4 Å². The number of fused-ring (bicyclic) bond motifs is 2. The predicted octanol–water partition coefficient (Wildman–Crippen LogP) is 0.548. The van der Waals surface area contributed by atoms with E-state index in [1.54, 1.807) is 10.6 Å². The Morgan fingerprint density at radius 2 is 1.96 bits per heavy atom. The van der Waals surface area contributed by atoms with Crippen molar-refractivity contribution in [1.82, 2.24) is 19.1 Å². The highest BCUT2D eigenvalue weighted by atomic mass is 16.5. The lowest BCUT2D eigenvalue weighted by Crippen LogP contribution is -2.36. The number of benzene rings is 1. The molecule has 8 heteroatoms. The van der Waals surface area contributed by atoms with Gasteiger partial charge >= 0.3 is 11.7 Å². The maximum absolute atomic E-state index is 12.3. The maximum atomic E-state index is 12.3. The van der Waals surface area contributed by atoms with Crippen molar-refractivity contribution in [2.45, 2.75) is 19.9 Å². The second-order valence-electron chi connectivity index (χ2n) is 5.38. The number of hydrogen-bond acceptors (Lipinski definition) is 6. The van der Waals surface area contributed by atoms with E-state index in [-0.39, 0.29) is 24.1 Å². The molecule has 0 fully saturated rings. The van der Waals surface area contributed by atoms with Gasteiger partial charge in [-0.2, -0.15) is 4.98 Å². The molecule has 0 spiro atoms. The van der Waals surface area contributed by atoms with Crippen LogP contribution in [0.2, 0.25) is 0 Å². The summed E-state index contributed by atoms with van der Waals surface area (Å²) in [4.78, 5) is 43.5. The first kappa shape index (κ1) is 15.9. The predicted molar refractivity (Wildman–Crippen MR) is 86.9 cm³/mol. The molecule has 1 aromatic carbocycles. The summed E-state index contributed by atoms with van der Waals surface area (Å²) in [7, 11) is 1.37. The summed E-state index contributed by atoms with van der Waals surface area (Å²) in [5.41, 5.74) is 0.425. The van der Waals surface area contributed by atoms with Crippen molar-refractivity contribution < 1.29 is 9.53 Å². The molecule has 0 aliphatic carbocycles. The number of aromatic nitrogens is 4. The first-order chi connectivity index (χ1) is 11.5. The highest BCUT2D eigenvalue weighted by molar-refractivity contribution is 5.79. The average molecular weight is 328 g/mol. The average Bonchev–Trinajstić information content (AvgIpc) is 2.56. The van der Waals surface area contributed by atoms with Gasteiger partial charge in [0.25, 0.3) is 5.56 Å². The van der Waals surface area contributed by atoms with Crippen molar-refractivity contribution in [1.29, 1.82) is 0 Å². The molecule has 2 aliphatic rings. The van der Waals surface area contributed by atoms with E-state index in [2.05, 4.69) is 9.97 Å². The molecule has 0 bridgehead atoms. The van der Waals surface area contributed by atoms with Crippen LogP contribution < -0.4 is 11.2 Å². The van der Waals surface area contributed by atoms with Gasteiger partial charge in [-0.3, -0.25) is 14.2 Å². The second-order valence-corrected chi connectivity index (χ2v) is 5.38. The monoisotopic (exact) mass is 328 g/mol. The van der Waals surface area contributed by atoms with Crippen LogP contribution >= 0.6 is 0 Å². The van der Waals surface area contributed by atoms with Crippen LogP contribution in [0.4, 0.5) is 0 Å². The van der Waals surface area contributed by atoms with E-state index in [1.807, 2.05) is 18.2 Å². The number of hydrogen-bond donors (Lipinski definition) is 0. The van der Waals surface area contributed by atoms with Gasteiger partial charge in [0.1, 0.15) is 0 Å². The molecule has 0 amide bonds. The van der Waals surface area contributed by atoms with Crippen LogP contribution in [0.15, 0.2) is 33.9 Å². The van der Waals surface area contributed by atoms with Crippen LogP contribution in [0.25, 0.3) is 22.6 Å². The number of carbonyl (C=O) groups excluding carboxylic acids is 1. The van der Waals surface area contributed by atoms with Gasteiger partial charge in [0.05, 0.1) is 17.6 Å². The molecule has 0 saturated heterocycles. The fraction of sp³-hybridized carbons (Fsp3) is 0.312. The molecule has 0 saturated carbocycles. The van der Waals surface area contributed by atoms with Crippen molar-refractivity contribution >= 4 is 17.0 Å². The number of esters is 1. The molecular formula is C16H16N4O4. The van der Waals surface area contributed by atoms with Crippen LogP contribution in [0.1, 0.15) is 13.3 Å². The fourth-order valence-electron chi connectivity index (χ4n) is 2.53. The zero-order chi connectivity index (χ0) is 17.3. The zero-order valence-corrected chi connectivity index (χ0v) is 13.4. The van der Waals surface area contributed by atoms with E-state index in [0.717, 1.165) is 10.1 Å². The van der Waals surface area contributed by atoms with Crippen LogP contribution in [-0.4, -0.2) is 31.7 Å². The molecule has 2 aliphatic heterocycles. The van der Waals surface area contributed by atoms with Gasteiger partial charge < -0.3 is 9.30 Å². The third-order valence-electron chi connectivity index (χ3n) is 3.70. The minimum Gasteiger partial charge on any atom is -0.466 e. The smallest absolute Gasteiger partial charge is 0.352 e. The summed E-state index contributed by atoms with van der Waals surface area (Å²) in [5.74, 6) is -0.108. The number of carbonyl (C=O) groups is 1. The number of nitrogens with zero attached hydrogens (tertiary/aromatic N) is 4. The van der Waals surface area contributed by atoms with Crippen molar-refractivity contribution in [3.05, 3.63) is 45.1 Å². The van der Waals surface area contributed by atoms with Crippen LogP contribution in [-0.2, 0) is 23.1 Å². The van der Waals surface area contributed by atoms with Gasteiger partial charge in [0, 0.05) is 20.5 Å². The number of para-hydroxylation sites is 2. The third kappa shape index (κ3) is 2.78. The van der Waals surface area contributed by atoms with Crippen LogP contribution in [0, 0.1) is 0 Å². The van der Waals surface area contributed by atoms with Gasteiger partial charge in [-0.05, 0) is 18.6 Å². The molecule has 24 heavy (non-hydrogen) atoms. The van der Waals surface area contributed by atoms with E-state index < -0.39 is 11.2 Å². The van der Waals surface area contributed by atoms with Crippen molar-refractivity contribution in [3.63, 3.8) is 0 Å². The second kappa shape index (κ2) is 6.23. The molecule has 0 N–H and O–H groups in total. The number of ether oxygens (including phenoxy) is 1. The normalized spacial score (nSPS) is 11.1. The molecule has 2 heterocycles. The summed E-state index contributed by atoms with van der Waals surface area (Å²) < 4.78 is 7.64. The summed E-state index contributed by atoms with van der Waals surface area (Å²) in [5, 5.41) is 0. The Morgan fingerprint density at radius 1 is 1.21 bits per heavy atom. The highest BCUT2D eigenvalue weighted by Gasteiger charge is 2.19. The Morgan fingerprint density at radius 3 is 2.71 bits per heavy atom. The minimum absolute atomic E-state index is 0.142. The van der Waals surface area contributed by atoms with Gasteiger partial charge in [-0.15, -0.1) is 0 Å². The Bertz CT molecular complexity index is 1010. The van der Waals surface area contributed by atoms with Gasteiger partial charge in [0.15, 0.2) is 11.5 Å². The minimum atomic E-state index is -0.627. The zero-order valence-electron chi connectivity index (χ0n) is 13.4. The molecule has 3 rings (SSSR count). The lowest BCUT2D eigenvalue weighted by molar-refractivity contribution is -0.141. The maximum Gasteiger partial charge on any atom is 0.352 e. The molecule has 1 aromatic rings. The molecule has 8 nitrogen and oxygen atoms in total. The van der Waals surface area contributed by atoms with Gasteiger partial charge in [-0.25, -0.2) is 9.78 Å². The molecule has 0 unspecified atom stereocenters. The fourth-order valence-corrected chi connectivity index (χ4v) is 2.53. The molecule has 0 atom stereocenters. The summed E-state index contributed by atoms with van der Waals surface area (Å²) in [6.07, 6.45) is 0.526. The van der Waals surface area contributed by atoms with Crippen molar-refractivity contribution in [2.75, 3.05) is 6.61 Å². The summed E-state index contributed by atoms with van der Waals surface area (Å²) in [6.45, 7) is 2.03. The quantitative estimate of drug-likeness (QED) is 0.394. The summed E-state index contributed by atoms with van der Waals surface area (Å²) >= 11 is 0. The van der Waals surface area contributed by atoms with Crippen LogP contribution in [0.3, 0.4) is 0 Å². The third-order valence-corrected chi connectivity index (χ3v) is 3.70. The van der Waals surface area contributed by atoms with E-state index in [1.165, 1.54) is 14.0 Å². The Labute approximate surface area is 136 Å². The Balaban J connectivity index is 2.17. The van der Waals surface area contributed by atoms with E-state index >= 15 is 0 Å².